The fourth-order valence-electron chi connectivity index (χ4n) is 0.996. The molecule has 0 unspecified atom stereocenters. The third-order valence-electron chi connectivity index (χ3n) is 1.56. The van der Waals surface area contributed by atoms with Crippen LogP contribution < -0.4 is 0 Å². The fourth-order valence-corrected chi connectivity index (χ4v) is 1.95. The molecule has 0 saturated heterocycles. The van der Waals surface area contributed by atoms with Crippen molar-refractivity contribution in [1.82, 2.24) is 0 Å². The van der Waals surface area contributed by atoms with Crippen LogP contribution in [0.3, 0.4) is 0 Å². The Labute approximate surface area is 80.8 Å². The highest BCUT2D eigenvalue weighted by Gasteiger charge is 2.07. The average molecular weight is 223 g/mol. The maximum atomic E-state index is 12.7. The van der Waals surface area contributed by atoms with Gasteiger partial charge in [-0.05, 0) is 24.1 Å². The molecule has 0 spiro atoms. The molecule has 0 atom stereocenters. The zero-order valence-electron chi connectivity index (χ0n) is 6.92. The predicted octanol–water partition coefficient (Wildman–Crippen LogP) is 2.20. The number of benzene rings is 1. The van der Waals surface area contributed by atoms with Crippen LogP contribution in [0.4, 0.5) is 4.39 Å². The summed E-state index contributed by atoms with van der Waals surface area (Å²) in [6.45, 7) is 1.57. The van der Waals surface area contributed by atoms with Crippen molar-refractivity contribution in [3.63, 3.8) is 0 Å². The summed E-state index contributed by atoms with van der Waals surface area (Å²) >= 11 is 0. The first kappa shape index (κ1) is 10.5. The molecule has 2 nitrogen and oxygen atoms in total. The van der Waals surface area contributed by atoms with E-state index in [0.29, 0.717) is 11.1 Å². The lowest BCUT2D eigenvalue weighted by molar-refractivity contribution is 0.607. The minimum atomic E-state index is -3.56. The van der Waals surface area contributed by atoms with Gasteiger partial charge >= 0.3 is 0 Å². The third kappa shape index (κ3) is 3.32. The zero-order valence-corrected chi connectivity index (χ0v) is 8.49. The molecule has 0 fully saturated rings. The van der Waals surface area contributed by atoms with Crippen molar-refractivity contribution in [1.29, 1.82) is 0 Å². The van der Waals surface area contributed by atoms with Crippen LogP contribution in [0.1, 0.15) is 11.1 Å². The van der Waals surface area contributed by atoms with Gasteiger partial charge in [-0.25, -0.2) is 12.8 Å². The van der Waals surface area contributed by atoms with Crippen LogP contribution in [0.2, 0.25) is 0 Å². The van der Waals surface area contributed by atoms with E-state index in [1.54, 1.807) is 6.92 Å². The van der Waals surface area contributed by atoms with Crippen LogP contribution in [-0.4, -0.2) is 8.42 Å². The molecule has 0 bridgehead atoms. The van der Waals surface area contributed by atoms with Gasteiger partial charge in [0, 0.05) is 10.7 Å². The second-order valence-electron chi connectivity index (χ2n) is 2.77. The van der Waals surface area contributed by atoms with Gasteiger partial charge in [-0.15, -0.1) is 0 Å². The van der Waals surface area contributed by atoms with E-state index in [9.17, 15) is 12.8 Å². The van der Waals surface area contributed by atoms with Gasteiger partial charge in [0.05, 0.1) is 5.75 Å². The van der Waals surface area contributed by atoms with Crippen molar-refractivity contribution in [3.8, 4) is 0 Å². The maximum Gasteiger partial charge on any atom is 0.236 e. The third-order valence-corrected chi connectivity index (χ3v) is 2.57. The minimum Gasteiger partial charge on any atom is -0.212 e. The Morgan fingerprint density at radius 1 is 1.46 bits per heavy atom. The van der Waals surface area contributed by atoms with Gasteiger partial charge in [0.2, 0.25) is 9.05 Å². The minimum absolute atomic E-state index is 0.268. The van der Waals surface area contributed by atoms with Gasteiger partial charge < -0.3 is 0 Å². The first-order valence-electron chi connectivity index (χ1n) is 3.56. The first-order valence-corrected chi connectivity index (χ1v) is 6.04. The molecule has 1 aromatic rings. The standard InChI is InChI=1S/C8H8ClFO2S/c1-6-4-7(2-3-8(6)10)5-13(9,11)12/h2-4H,5H2,1H3. The van der Waals surface area contributed by atoms with Crippen molar-refractivity contribution in [3.05, 3.63) is 35.1 Å². The average Bonchev–Trinajstić information content (AvgIpc) is 1.94. The van der Waals surface area contributed by atoms with Gasteiger partial charge in [0.1, 0.15) is 5.82 Å². The van der Waals surface area contributed by atoms with E-state index >= 15 is 0 Å². The summed E-state index contributed by atoms with van der Waals surface area (Å²) in [6, 6.07) is 4.10. The van der Waals surface area contributed by atoms with E-state index in [2.05, 4.69) is 0 Å². The Hall–Kier alpha value is -0.610. The van der Waals surface area contributed by atoms with E-state index in [-0.39, 0.29) is 11.6 Å². The number of hydrogen-bond acceptors (Lipinski definition) is 2. The molecule has 0 aliphatic carbocycles. The molecule has 5 heteroatoms. The van der Waals surface area contributed by atoms with Gasteiger partial charge in [0.15, 0.2) is 0 Å². The molecule has 0 N–H and O–H groups in total. The second-order valence-corrected chi connectivity index (χ2v) is 5.54. The van der Waals surface area contributed by atoms with E-state index < -0.39 is 9.05 Å². The molecule has 0 heterocycles. The van der Waals surface area contributed by atoms with E-state index in [1.807, 2.05) is 0 Å². The Morgan fingerprint density at radius 3 is 2.54 bits per heavy atom. The van der Waals surface area contributed by atoms with Crippen LogP contribution in [-0.2, 0) is 14.8 Å². The predicted molar refractivity (Wildman–Crippen MR) is 49.6 cm³/mol. The highest BCUT2D eigenvalue weighted by molar-refractivity contribution is 8.13. The largest absolute Gasteiger partial charge is 0.236 e. The summed E-state index contributed by atoms with van der Waals surface area (Å²) in [4.78, 5) is 0. The summed E-state index contributed by atoms with van der Waals surface area (Å²) < 4.78 is 34.1. The highest BCUT2D eigenvalue weighted by atomic mass is 35.7. The van der Waals surface area contributed by atoms with Crippen molar-refractivity contribution >= 4 is 19.7 Å². The molecule has 0 radical (unpaired) electrons. The highest BCUT2D eigenvalue weighted by Crippen LogP contribution is 2.13. The van der Waals surface area contributed by atoms with Gasteiger partial charge in [-0.2, -0.15) is 0 Å². The molecule has 0 saturated carbocycles. The van der Waals surface area contributed by atoms with Crippen molar-refractivity contribution in [2.75, 3.05) is 0 Å². The molecule has 72 valence electrons. The molecule has 1 aromatic carbocycles. The summed E-state index contributed by atoms with van der Waals surface area (Å²) in [5.74, 6) is -0.619. The zero-order chi connectivity index (χ0) is 10.1. The SMILES string of the molecule is Cc1cc(CS(=O)(=O)Cl)ccc1F. The lowest BCUT2D eigenvalue weighted by atomic mass is 10.1. The fraction of sp³-hybridized carbons (Fsp3) is 0.250. The summed E-state index contributed by atoms with van der Waals surface area (Å²) in [5.41, 5.74) is 0.909. The Morgan fingerprint density at radius 2 is 2.08 bits per heavy atom. The van der Waals surface area contributed by atoms with Crippen molar-refractivity contribution in [2.45, 2.75) is 12.7 Å². The van der Waals surface area contributed by atoms with E-state index in [1.165, 1.54) is 18.2 Å². The van der Waals surface area contributed by atoms with Crippen LogP contribution >= 0.6 is 10.7 Å². The topological polar surface area (TPSA) is 34.1 Å². The van der Waals surface area contributed by atoms with Crippen molar-refractivity contribution in [2.24, 2.45) is 0 Å². The Bertz CT molecular complexity index is 414. The molecular formula is C8H8ClFO2S. The van der Waals surface area contributed by atoms with Gasteiger partial charge in [-0.3, -0.25) is 0 Å². The second kappa shape index (κ2) is 3.64. The lowest BCUT2D eigenvalue weighted by Gasteiger charge is -2.00. The van der Waals surface area contributed by atoms with E-state index in [0.717, 1.165) is 0 Å². The van der Waals surface area contributed by atoms with Crippen LogP contribution in [0.15, 0.2) is 18.2 Å². The van der Waals surface area contributed by atoms with Crippen LogP contribution in [0, 0.1) is 12.7 Å². The van der Waals surface area contributed by atoms with Gasteiger partial charge in [-0.1, -0.05) is 12.1 Å². The normalized spacial score (nSPS) is 11.6. The number of aryl methyl sites for hydroxylation is 1. The van der Waals surface area contributed by atoms with Crippen LogP contribution in [0.5, 0.6) is 0 Å². The quantitative estimate of drug-likeness (QED) is 0.719. The van der Waals surface area contributed by atoms with Gasteiger partial charge in [0.25, 0.3) is 0 Å². The molecule has 13 heavy (non-hydrogen) atoms. The molecule has 0 amide bonds. The monoisotopic (exact) mass is 222 g/mol. The Kier molecular flexibility index (Phi) is 2.93. The Balaban J connectivity index is 2.99. The van der Waals surface area contributed by atoms with E-state index in [4.69, 9.17) is 10.7 Å². The summed E-state index contributed by atoms with van der Waals surface area (Å²) in [5, 5.41) is 0. The van der Waals surface area contributed by atoms with Crippen LogP contribution in [0.25, 0.3) is 0 Å². The molecular weight excluding hydrogens is 215 g/mol. The number of hydrogen-bond donors (Lipinski definition) is 0. The molecule has 0 aromatic heterocycles. The lowest BCUT2D eigenvalue weighted by Crippen LogP contribution is -1.96. The summed E-state index contributed by atoms with van der Waals surface area (Å²) in [7, 11) is 1.48. The smallest absolute Gasteiger partial charge is 0.212 e. The molecule has 0 aliphatic rings. The molecule has 1 rings (SSSR count). The molecule has 0 aliphatic heterocycles. The summed E-state index contributed by atoms with van der Waals surface area (Å²) in [6.07, 6.45) is 0. The first-order chi connectivity index (χ1) is 5.88. The maximum absolute atomic E-state index is 12.7. The van der Waals surface area contributed by atoms with Crippen molar-refractivity contribution < 1.29 is 12.8 Å². The number of rotatable bonds is 2. The number of halogens is 2.